The van der Waals surface area contributed by atoms with Gasteiger partial charge in [-0.15, -0.1) is 5.10 Å². The van der Waals surface area contributed by atoms with Gasteiger partial charge in [0.15, 0.2) is 5.65 Å². The molecule has 14 heteroatoms. The van der Waals surface area contributed by atoms with E-state index in [-0.39, 0.29) is 29.5 Å². The molecule has 2 aromatic carbocycles. The molecule has 1 aliphatic rings. The number of nitrogens with zero attached hydrogens (tertiary/aromatic N) is 6. The van der Waals surface area contributed by atoms with Gasteiger partial charge in [0, 0.05) is 55.3 Å². The molecule has 2 N–H and O–H groups in total. The fourth-order valence-corrected chi connectivity index (χ4v) is 5.31. The molecule has 252 valence electrons. The fourth-order valence-electron chi connectivity index (χ4n) is 5.31. The molecule has 0 atom stereocenters. The zero-order valence-electron chi connectivity index (χ0n) is 27.1. The second-order valence-corrected chi connectivity index (χ2v) is 11.7. The first-order valence-electron chi connectivity index (χ1n) is 15.6. The molecule has 2 amide bonds. The number of carbonyl (C=O) groups excluding carboxylic acids is 2. The third kappa shape index (κ3) is 7.67. The van der Waals surface area contributed by atoms with Crippen LogP contribution in [0.4, 0.5) is 24.7 Å². The molecule has 0 aliphatic carbocycles. The summed E-state index contributed by atoms with van der Waals surface area (Å²) < 4.78 is 50.8. The lowest BCUT2D eigenvalue weighted by Gasteiger charge is -2.18. The zero-order chi connectivity index (χ0) is 34.7. The molecule has 0 saturated carbocycles. The van der Waals surface area contributed by atoms with Crippen molar-refractivity contribution in [3.05, 3.63) is 94.8 Å². The summed E-state index contributed by atoms with van der Waals surface area (Å²) in [7, 11) is 1.75. The minimum atomic E-state index is -4.65. The fraction of sp³-hybridized carbons (Fsp3) is 0.286. The van der Waals surface area contributed by atoms with Crippen LogP contribution in [-0.2, 0) is 11.0 Å². The first-order chi connectivity index (χ1) is 23.4. The van der Waals surface area contributed by atoms with Gasteiger partial charge in [-0.25, -0.2) is 14.5 Å². The van der Waals surface area contributed by atoms with Crippen LogP contribution in [0.2, 0.25) is 0 Å². The predicted molar refractivity (Wildman–Crippen MR) is 177 cm³/mol. The van der Waals surface area contributed by atoms with E-state index in [9.17, 15) is 22.8 Å². The van der Waals surface area contributed by atoms with Crippen molar-refractivity contribution < 1.29 is 27.5 Å². The van der Waals surface area contributed by atoms with Crippen molar-refractivity contribution in [1.29, 1.82) is 0 Å². The zero-order valence-corrected chi connectivity index (χ0v) is 27.1. The molecule has 0 unspecified atom stereocenters. The molecule has 0 saturated heterocycles. The number of imidazole rings is 2. The minimum Gasteiger partial charge on any atom is -0.494 e. The highest BCUT2D eigenvalue weighted by Gasteiger charge is 2.32. The standard InChI is InChI=1S/C35H33F3N8O3/c1-22-20-45(21-41-22)28-16-25(35(36,37)38)15-26(17-28)42-34(48)30-18-29-14-24(23(30)2)7-8-27-19-40-32-10-9-31(43-46(27)32)39-11-12-44(3)33(47)6-4-5-13-49-29/h9-10,14-21H,4-6,11-13H2,1-3H3,(H,39,43)(H,42,48). The maximum Gasteiger partial charge on any atom is 0.416 e. The molecule has 0 fully saturated rings. The molecule has 49 heavy (non-hydrogen) atoms. The van der Waals surface area contributed by atoms with E-state index in [2.05, 4.69) is 37.5 Å². The van der Waals surface area contributed by atoms with Crippen LogP contribution in [-0.4, -0.2) is 67.6 Å². The summed E-state index contributed by atoms with van der Waals surface area (Å²) in [5.41, 5.74) is 2.05. The number of hydrogen-bond acceptors (Lipinski definition) is 7. The summed E-state index contributed by atoms with van der Waals surface area (Å²) in [4.78, 5) is 36.6. The number of halogens is 3. The number of nitrogens with one attached hydrogen (secondary N) is 2. The number of aryl methyl sites for hydroxylation is 1. The quantitative estimate of drug-likeness (QED) is 0.239. The van der Waals surface area contributed by atoms with E-state index in [1.807, 2.05) is 0 Å². The number of benzene rings is 2. The van der Waals surface area contributed by atoms with E-state index in [0.717, 1.165) is 12.1 Å². The molecule has 5 aromatic rings. The normalized spacial score (nSPS) is 14.2. The van der Waals surface area contributed by atoms with Crippen LogP contribution < -0.4 is 15.4 Å². The van der Waals surface area contributed by atoms with Crippen LogP contribution in [0.3, 0.4) is 0 Å². The molecular formula is C35H33F3N8O3. The first-order valence-corrected chi connectivity index (χ1v) is 15.6. The Hall–Kier alpha value is -5.84. The highest BCUT2D eigenvalue weighted by molar-refractivity contribution is 6.06. The molecule has 0 radical (unpaired) electrons. The van der Waals surface area contributed by atoms with Crippen LogP contribution in [0.15, 0.2) is 61.2 Å². The summed E-state index contributed by atoms with van der Waals surface area (Å²) >= 11 is 0. The van der Waals surface area contributed by atoms with E-state index in [0.29, 0.717) is 72.1 Å². The van der Waals surface area contributed by atoms with Crippen molar-refractivity contribution in [3.8, 4) is 23.3 Å². The number of fused-ring (bicyclic) bond motifs is 3. The van der Waals surface area contributed by atoms with Crippen LogP contribution in [0.1, 0.15) is 57.7 Å². The van der Waals surface area contributed by atoms with Crippen molar-refractivity contribution in [2.45, 2.75) is 39.3 Å². The monoisotopic (exact) mass is 670 g/mol. The summed E-state index contributed by atoms with van der Waals surface area (Å²) in [5, 5.41) is 10.5. The van der Waals surface area contributed by atoms with Gasteiger partial charge in [0.05, 0.1) is 30.4 Å². The van der Waals surface area contributed by atoms with Crippen molar-refractivity contribution in [2.75, 3.05) is 37.4 Å². The number of hydrogen-bond donors (Lipinski definition) is 2. The third-order valence-electron chi connectivity index (χ3n) is 8.06. The Morgan fingerprint density at radius 3 is 2.67 bits per heavy atom. The second-order valence-electron chi connectivity index (χ2n) is 11.7. The van der Waals surface area contributed by atoms with Gasteiger partial charge in [0.2, 0.25) is 5.91 Å². The molecule has 6 rings (SSSR count). The number of aromatic nitrogens is 5. The van der Waals surface area contributed by atoms with E-state index in [4.69, 9.17) is 4.74 Å². The van der Waals surface area contributed by atoms with Gasteiger partial charge in [-0.3, -0.25) is 9.59 Å². The lowest BCUT2D eigenvalue weighted by molar-refractivity contribution is -0.137. The summed E-state index contributed by atoms with van der Waals surface area (Å²) in [6.07, 6.45) is 1.46. The third-order valence-corrected chi connectivity index (χ3v) is 8.06. The predicted octanol–water partition coefficient (Wildman–Crippen LogP) is 5.64. The van der Waals surface area contributed by atoms with Gasteiger partial charge < -0.3 is 24.8 Å². The van der Waals surface area contributed by atoms with Gasteiger partial charge in [-0.1, -0.05) is 5.92 Å². The van der Waals surface area contributed by atoms with Crippen molar-refractivity contribution >= 4 is 29.0 Å². The molecule has 3 aromatic heterocycles. The highest BCUT2D eigenvalue weighted by Crippen LogP contribution is 2.33. The number of amides is 2. The largest absolute Gasteiger partial charge is 0.494 e. The second kappa shape index (κ2) is 13.7. The molecular weight excluding hydrogens is 637 g/mol. The Morgan fingerprint density at radius 1 is 1.06 bits per heavy atom. The van der Waals surface area contributed by atoms with Gasteiger partial charge in [0.25, 0.3) is 5.91 Å². The molecule has 11 nitrogen and oxygen atoms in total. The van der Waals surface area contributed by atoms with E-state index < -0.39 is 17.6 Å². The average molecular weight is 671 g/mol. The number of anilines is 2. The topological polar surface area (TPSA) is 119 Å². The summed E-state index contributed by atoms with van der Waals surface area (Å²) in [6.45, 7) is 4.70. The first kappa shape index (κ1) is 33.1. The van der Waals surface area contributed by atoms with E-state index in [1.165, 1.54) is 17.0 Å². The van der Waals surface area contributed by atoms with Crippen LogP contribution in [0, 0.1) is 25.7 Å². The van der Waals surface area contributed by atoms with Gasteiger partial charge >= 0.3 is 6.18 Å². The Balaban J connectivity index is 1.37. The lowest BCUT2D eigenvalue weighted by Crippen LogP contribution is -2.31. The Labute approximate surface area is 280 Å². The summed E-state index contributed by atoms with van der Waals surface area (Å²) in [6, 6.07) is 10.2. The molecule has 0 spiro atoms. The van der Waals surface area contributed by atoms with Crippen LogP contribution in [0.25, 0.3) is 11.3 Å². The average Bonchev–Trinajstić information content (AvgIpc) is 3.69. The number of likely N-dealkylation sites (N-methyl/N-ethyl adjacent to an activating group) is 1. The lowest BCUT2D eigenvalue weighted by atomic mass is 10.0. The van der Waals surface area contributed by atoms with E-state index in [1.54, 1.807) is 67.0 Å². The molecule has 1 aliphatic heterocycles. The van der Waals surface area contributed by atoms with Gasteiger partial charge in [-0.2, -0.15) is 13.2 Å². The van der Waals surface area contributed by atoms with Crippen molar-refractivity contribution in [1.82, 2.24) is 29.0 Å². The minimum absolute atomic E-state index is 0.00549. The Bertz CT molecular complexity index is 2110. The van der Waals surface area contributed by atoms with Gasteiger partial charge in [-0.05, 0) is 80.6 Å². The maximum absolute atomic E-state index is 13.9. The van der Waals surface area contributed by atoms with Gasteiger partial charge in [0.1, 0.15) is 17.3 Å². The van der Waals surface area contributed by atoms with E-state index >= 15 is 0 Å². The number of rotatable bonds is 3. The highest BCUT2D eigenvalue weighted by atomic mass is 19.4. The Morgan fingerprint density at radius 2 is 1.90 bits per heavy atom. The molecule has 4 bridgehead atoms. The maximum atomic E-state index is 13.9. The molecule has 4 heterocycles. The summed E-state index contributed by atoms with van der Waals surface area (Å²) in [5.74, 6) is 6.50. The Kier molecular flexibility index (Phi) is 9.26. The van der Waals surface area contributed by atoms with Crippen molar-refractivity contribution in [3.63, 3.8) is 0 Å². The van der Waals surface area contributed by atoms with Crippen LogP contribution >= 0.6 is 0 Å². The number of carbonyl (C=O) groups is 2. The number of alkyl halides is 3. The van der Waals surface area contributed by atoms with Crippen molar-refractivity contribution in [2.24, 2.45) is 0 Å². The van der Waals surface area contributed by atoms with Crippen LogP contribution in [0.5, 0.6) is 5.75 Å². The SMILES string of the molecule is Cc1cn(-c2cc(NC(=O)c3cc4cc(c3C)C#Cc3cnc5ccc(nn35)NCCN(C)C(=O)CCCCO4)cc(C(F)(F)F)c2)cn1. The number of ether oxygens (including phenoxy) is 1. The smallest absolute Gasteiger partial charge is 0.416 e.